The Morgan fingerprint density at radius 1 is 1.03 bits per heavy atom. The van der Waals surface area contributed by atoms with E-state index < -0.39 is 0 Å². The Bertz CT molecular complexity index is 1400. The number of H-pyrrole nitrogens is 1. The molecule has 3 heterocycles. The van der Waals surface area contributed by atoms with E-state index in [1.165, 1.54) is 18.4 Å². The lowest BCUT2D eigenvalue weighted by molar-refractivity contribution is 0.141. The molecule has 1 saturated heterocycles. The zero-order valence-corrected chi connectivity index (χ0v) is 21.3. The zero-order valence-electron chi connectivity index (χ0n) is 21.3. The van der Waals surface area contributed by atoms with Crippen LogP contribution in [-0.2, 0) is 6.42 Å². The fourth-order valence-corrected chi connectivity index (χ4v) is 6.18. The van der Waals surface area contributed by atoms with E-state index in [-0.39, 0.29) is 11.6 Å². The average molecular weight is 499 g/mol. The van der Waals surface area contributed by atoms with Crippen molar-refractivity contribution >= 4 is 10.9 Å². The lowest BCUT2D eigenvalue weighted by Gasteiger charge is -2.37. The van der Waals surface area contributed by atoms with Gasteiger partial charge in [-0.25, -0.2) is 4.68 Å². The normalized spacial score (nSPS) is 18.4. The molecular weight excluding hydrogens is 464 g/mol. The highest BCUT2D eigenvalue weighted by Gasteiger charge is 2.35. The van der Waals surface area contributed by atoms with Crippen LogP contribution < -0.4 is 10.3 Å². The number of benzene rings is 2. The highest BCUT2D eigenvalue weighted by molar-refractivity contribution is 5.80. The van der Waals surface area contributed by atoms with Gasteiger partial charge in [-0.1, -0.05) is 43.2 Å². The fourth-order valence-electron chi connectivity index (χ4n) is 6.18. The van der Waals surface area contributed by atoms with E-state index in [1.807, 2.05) is 28.9 Å². The predicted molar refractivity (Wildman–Crippen MR) is 143 cm³/mol. The van der Waals surface area contributed by atoms with Gasteiger partial charge >= 0.3 is 0 Å². The van der Waals surface area contributed by atoms with Gasteiger partial charge in [0.05, 0.1) is 13.2 Å². The number of likely N-dealkylation sites (tertiary alicyclic amines) is 1. The highest BCUT2D eigenvalue weighted by atomic mass is 16.5. The molecule has 37 heavy (non-hydrogen) atoms. The summed E-state index contributed by atoms with van der Waals surface area (Å²) < 4.78 is 7.45. The number of fused-ring (bicyclic) bond motifs is 1. The zero-order chi connectivity index (χ0) is 25.2. The molecule has 8 heteroatoms. The van der Waals surface area contributed by atoms with Crippen molar-refractivity contribution in [2.24, 2.45) is 5.92 Å². The lowest BCUT2D eigenvalue weighted by Crippen LogP contribution is -2.41. The summed E-state index contributed by atoms with van der Waals surface area (Å²) in [7, 11) is 1.66. The third-order valence-electron chi connectivity index (χ3n) is 8.19. The number of aromatic amines is 1. The number of hydrogen-bond acceptors (Lipinski definition) is 6. The van der Waals surface area contributed by atoms with Gasteiger partial charge < -0.3 is 9.72 Å². The van der Waals surface area contributed by atoms with Crippen molar-refractivity contribution in [2.45, 2.75) is 57.0 Å². The maximum absolute atomic E-state index is 13.5. The minimum Gasteiger partial charge on any atom is -0.497 e. The van der Waals surface area contributed by atoms with Crippen molar-refractivity contribution in [3.05, 3.63) is 81.9 Å². The molecule has 4 aromatic rings. The summed E-state index contributed by atoms with van der Waals surface area (Å²) >= 11 is 0. The van der Waals surface area contributed by atoms with Crippen LogP contribution in [-0.4, -0.2) is 50.3 Å². The van der Waals surface area contributed by atoms with Crippen LogP contribution in [0.2, 0.25) is 0 Å². The minimum atomic E-state index is -0.298. The van der Waals surface area contributed by atoms with Crippen LogP contribution in [0.4, 0.5) is 0 Å². The summed E-state index contributed by atoms with van der Waals surface area (Å²) in [5.74, 6) is 2.17. The summed E-state index contributed by atoms with van der Waals surface area (Å²) in [6.07, 6.45) is 7.79. The Labute approximate surface area is 216 Å². The Balaban J connectivity index is 1.35. The van der Waals surface area contributed by atoms with E-state index in [9.17, 15) is 4.79 Å². The van der Waals surface area contributed by atoms with E-state index in [0.717, 1.165) is 67.7 Å². The van der Waals surface area contributed by atoms with Crippen LogP contribution in [0, 0.1) is 5.92 Å². The monoisotopic (exact) mass is 498 g/mol. The number of hydrogen-bond donors (Lipinski definition) is 1. The molecule has 2 aromatic carbocycles. The van der Waals surface area contributed by atoms with Crippen LogP contribution in [0.1, 0.15) is 67.6 Å². The Kier molecular flexibility index (Phi) is 6.74. The van der Waals surface area contributed by atoms with Gasteiger partial charge in [-0.15, -0.1) is 5.10 Å². The number of nitrogens with one attached hydrogen (secondary N) is 1. The Hall–Kier alpha value is -3.52. The Morgan fingerprint density at radius 2 is 1.81 bits per heavy atom. The summed E-state index contributed by atoms with van der Waals surface area (Å²) in [6.45, 7) is 1.80. The smallest absolute Gasteiger partial charge is 0.253 e. The SMILES string of the molecule is COc1ccc2[nH]c(=O)c(C(c3nnnn3C3CCCC3)N3CCC(Cc4ccccc4)CC3)cc2c1. The lowest BCUT2D eigenvalue weighted by atomic mass is 9.89. The molecule has 0 amide bonds. The van der Waals surface area contributed by atoms with Gasteiger partial charge in [0.2, 0.25) is 0 Å². The topological polar surface area (TPSA) is 88.9 Å². The average Bonchev–Trinajstić information content (AvgIpc) is 3.63. The molecule has 2 aromatic heterocycles. The number of rotatable bonds is 7. The number of piperidine rings is 1. The van der Waals surface area contributed by atoms with Crippen molar-refractivity contribution in [1.29, 1.82) is 0 Å². The van der Waals surface area contributed by atoms with Gasteiger partial charge in [-0.2, -0.15) is 0 Å². The first kappa shape index (κ1) is 23.9. The van der Waals surface area contributed by atoms with Gasteiger partial charge in [-0.3, -0.25) is 9.69 Å². The fraction of sp³-hybridized carbons (Fsp3) is 0.448. The molecule has 2 fully saturated rings. The minimum absolute atomic E-state index is 0.0879. The maximum atomic E-state index is 13.5. The van der Waals surface area contributed by atoms with Crippen LogP contribution in [0.3, 0.4) is 0 Å². The van der Waals surface area contributed by atoms with Gasteiger partial charge in [-0.05, 0) is 91.4 Å². The molecule has 0 bridgehead atoms. The molecule has 6 rings (SSSR count). The maximum Gasteiger partial charge on any atom is 0.253 e. The molecule has 1 aliphatic carbocycles. The van der Waals surface area contributed by atoms with Crippen LogP contribution >= 0.6 is 0 Å². The predicted octanol–water partition coefficient (Wildman–Crippen LogP) is 4.68. The van der Waals surface area contributed by atoms with Crippen molar-refractivity contribution in [2.75, 3.05) is 20.2 Å². The first-order chi connectivity index (χ1) is 18.2. The van der Waals surface area contributed by atoms with Crippen LogP contribution in [0.5, 0.6) is 5.75 Å². The Morgan fingerprint density at radius 3 is 2.57 bits per heavy atom. The van der Waals surface area contributed by atoms with Gasteiger partial charge in [0.1, 0.15) is 11.8 Å². The van der Waals surface area contributed by atoms with E-state index in [0.29, 0.717) is 17.5 Å². The molecule has 1 aliphatic heterocycles. The second kappa shape index (κ2) is 10.5. The standard InChI is InChI=1S/C29H34N6O2/c1-37-24-11-12-26-22(18-24)19-25(29(36)30-26)27(28-31-32-33-35(28)23-9-5-6-10-23)34-15-13-21(14-16-34)17-20-7-3-2-4-8-20/h2-4,7-8,11-12,18-19,21,23,27H,5-6,9-10,13-17H2,1H3,(H,30,36). The van der Waals surface area contributed by atoms with Crippen molar-refractivity contribution in [3.63, 3.8) is 0 Å². The molecule has 2 aliphatic rings. The number of ether oxygens (including phenoxy) is 1. The summed E-state index contributed by atoms with van der Waals surface area (Å²) in [5.41, 5.74) is 2.79. The molecule has 0 radical (unpaired) electrons. The van der Waals surface area contributed by atoms with Crippen LogP contribution in [0.25, 0.3) is 10.9 Å². The third kappa shape index (κ3) is 4.90. The van der Waals surface area contributed by atoms with Gasteiger partial charge in [0, 0.05) is 16.5 Å². The summed E-state index contributed by atoms with van der Waals surface area (Å²) in [6, 6.07) is 18.5. The number of tetrazole rings is 1. The third-order valence-corrected chi connectivity index (χ3v) is 8.19. The molecule has 1 N–H and O–H groups in total. The van der Waals surface area contributed by atoms with Crippen LogP contribution in [0.15, 0.2) is 59.4 Å². The molecular formula is C29H34N6O2. The number of aromatic nitrogens is 5. The molecule has 0 spiro atoms. The second-order valence-electron chi connectivity index (χ2n) is 10.5. The van der Waals surface area contributed by atoms with Gasteiger partial charge in [0.25, 0.3) is 5.56 Å². The second-order valence-corrected chi connectivity index (χ2v) is 10.5. The van der Waals surface area contributed by atoms with Crippen molar-refractivity contribution in [1.82, 2.24) is 30.1 Å². The van der Waals surface area contributed by atoms with E-state index >= 15 is 0 Å². The van der Waals surface area contributed by atoms with Crippen molar-refractivity contribution in [3.8, 4) is 5.75 Å². The first-order valence-corrected chi connectivity index (χ1v) is 13.5. The first-order valence-electron chi connectivity index (χ1n) is 13.5. The molecule has 1 saturated carbocycles. The molecule has 8 nitrogen and oxygen atoms in total. The number of nitrogens with zero attached hydrogens (tertiary/aromatic N) is 5. The van der Waals surface area contributed by atoms with Gasteiger partial charge in [0.15, 0.2) is 5.82 Å². The summed E-state index contributed by atoms with van der Waals surface area (Å²) in [5, 5.41) is 14.0. The van der Waals surface area contributed by atoms with E-state index in [4.69, 9.17) is 4.74 Å². The number of pyridine rings is 1. The summed E-state index contributed by atoms with van der Waals surface area (Å²) in [4.78, 5) is 19.0. The highest BCUT2D eigenvalue weighted by Crippen LogP contribution is 2.36. The molecule has 1 unspecified atom stereocenters. The quantitative estimate of drug-likeness (QED) is 0.398. The number of methoxy groups -OCH3 is 1. The largest absolute Gasteiger partial charge is 0.497 e. The van der Waals surface area contributed by atoms with Crippen molar-refractivity contribution < 1.29 is 4.74 Å². The van der Waals surface area contributed by atoms with E-state index in [1.54, 1.807) is 7.11 Å². The molecule has 192 valence electrons. The van der Waals surface area contributed by atoms with E-state index in [2.05, 4.69) is 55.7 Å². The molecule has 1 atom stereocenters.